The molecule has 0 radical (unpaired) electrons. The molecule has 204 valence electrons. The zero-order valence-corrected chi connectivity index (χ0v) is 22.7. The second-order valence-electron chi connectivity index (χ2n) is 9.53. The number of carbonyl (C=O) groups is 1. The molecule has 0 unspecified atom stereocenters. The van der Waals surface area contributed by atoms with Crippen LogP contribution in [0.25, 0.3) is 0 Å². The highest BCUT2D eigenvalue weighted by Crippen LogP contribution is 2.28. The number of amides is 1. The number of fused-ring (bicyclic) bond motifs is 1. The van der Waals surface area contributed by atoms with Crippen LogP contribution in [0.3, 0.4) is 0 Å². The van der Waals surface area contributed by atoms with Gasteiger partial charge in [-0.15, -0.1) is 0 Å². The van der Waals surface area contributed by atoms with Crippen LogP contribution in [0.15, 0.2) is 71.8 Å². The summed E-state index contributed by atoms with van der Waals surface area (Å²) in [6, 6.07) is 15.2. The van der Waals surface area contributed by atoms with Crippen molar-refractivity contribution in [3.63, 3.8) is 0 Å². The third kappa shape index (κ3) is 6.28. The first-order valence-corrected chi connectivity index (χ1v) is 13.9. The SMILES string of the molecule is C[C@H](CO)N1C[C@H](C)[C@@H](CN(C)S(=O)(=O)c2ccccc2)Oc2ncc(C#Cc3ccccc3F)cc2C1=O. The van der Waals surface area contributed by atoms with Crippen molar-refractivity contribution in [3.05, 3.63) is 89.4 Å². The minimum Gasteiger partial charge on any atom is -0.472 e. The molecular formula is C29H30FN3O5S. The summed E-state index contributed by atoms with van der Waals surface area (Å²) >= 11 is 0. The first kappa shape index (κ1) is 28.2. The fourth-order valence-corrected chi connectivity index (χ4v) is 5.42. The van der Waals surface area contributed by atoms with Crippen molar-refractivity contribution >= 4 is 15.9 Å². The van der Waals surface area contributed by atoms with Gasteiger partial charge in [-0.1, -0.05) is 49.1 Å². The van der Waals surface area contributed by atoms with E-state index in [1.54, 1.807) is 43.3 Å². The molecule has 4 rings (SSSR count). The minimum atomic E-state index is -3.79. The first-order chi connectivity index (χ1) is 18.6. The molecule has 0 saturated carbocycles. The molecule has 0 aliphatic carbocycles. The normalized spacial score (nSPS) is 18.3. The second kappa shape index (κ2) is 11.9. The van der Waals surface area contributed by atoms with Crippen LogP contribution < -0.4 is 4.74 Å². The van der Waals surface area contributed by atoms with E-state index in [1.807, 2.05) is 6.92 Å². The fraction of sp³-hybridized carbons (Fsp3) is 0.310. The number of rotatable bonds is 6. The molecule has 0 spiro atoms. The Morgan fingerprint density at radius 3 is 2.56 bits per heavy atom. The van der Waals surface area contributed by atoms with Gasteiger partial charge in [0, 0.05) is 31.3 Å². The molecule has 0 fully saturated rings. The lowest BCUT2D eigenvalue weighted by molar-refractivity contribution is 0.0373. The number of carbonyl (C=O) groups excluding carboxylic acids is 1. The molecule has 8 nitrogen and oxygen atoms in total. The van der Waals surface area contributed by atoms with Crippen molar-refractivity contribution in [3.8, 4) is 17.7 Å². The van der Waals surface area contributed by atoms with Gasteiger partial charge in [0.15, 0.2) is 0 Å². The molecule has 3 aromatic rings. The van der Waals surface area contributed by atoms with Crippen molar-refractivity contribution in [1.29, 1.82) is 0 Å². The Kier molecular flexibility index (Phi) is 8.65. The number of likely N-dealkylation sites (N-methyl/N-ethyl adjacent to an activating group) is 1. The van der Waals surface area contributed by atoms with Crippen LogP contribution in [0.4, 0.5) is 4.39 Å². The van der Waals surface area contributed by atoms with Gasteiger partial charge in [-0.05, 0) is 37.3 Å². The molecule has 1 N–H and O–H groups in total. The lowest BCUT2D eigenvalue weighted by atomic mass is 10.0. The number of pyridine rings is 1. The van der Waals surface area contributed by atoms with E-state index in [4.69, 9.17) is 4.74 Å². The Balaban J connectivity index is 1.69. The predicted molar refractivity (Wildman–Crippen MR) is 144 cm³/mol. The summed E-state index contributed by atoms with van der Waals surface area (Å²) in [5.74, 6) is 4.47. The van der Waals surface area contributed by atoms with Gasteiger partial charge >= 0.3 is 0 Å². The maximum Gasteiger partial charge on any atom is 0.259 e. The first-order valence-electron chi connectivity index (χ1n) is 12.5. The highest BCUT2D eigenvalue weighted by molar-refractivity contribution is 7.89. The minimum absolute atomic E-state index is 0.00386. The summed E-state index contributed by atoms with van der Waals surface area (Å²) in [5, 5.41) is 9.85. The summed E-state index contributed by atoms with van der Waals surface area (Å²) in [5.41, 5.74) is 0.708. The van der Waals surface area contributed by atoms with Crippen LogP contribution in [0.1, 0.15) is 35.3 Å². The van der Waals surface area contributed by atoms with E-state index >= 15 is 0 Å². The number of nitrogens with zero attached hydrogens (tertiary/aromatic N) is 3. The Bertz CT molecular complexity index is 1500. The van der Waals surface area contributed by atoms with E-state index in [1.165, 1.54) is 46.7 Å². The number of hydrogen-bond donors (Lipinski definition) is 1. The zero-order chi connectivity index (χ0) is 28.2. The zero-order valence-electron chi connectivity index (χ0n) is 21.9. The average Bonchev–Trinajstić information content (AvgIpc) is 2.94. The summed E-state index contributed by atoms with van der Waals surface area (Å²) in [6.07, 6.45) is 0.768. The summed E-state index contributed by atoms with van der Waals surface area (Å²) in [4.78, 5) is 19.6. The molecule has 1 aromatic heterocycles. The number of aromatic nitrogens is 1. The van der Waals surface area contributed by atoms with Gasteiger partial charge in [-0.2, -0.15) is 4.31 Å². The second-order valence-corrected chi connectivity index (χ2v) is 11.6. The maximum atomic E-state index is 14.0. The van der Waals surface area contributed by atoms with Crippen LogP contribution >= 0.6 is 0 Å². The number of halogens is 1. The smallest absolute Gasteiger partial charge is 0.259 e. The van der Waals surface area contributed by atoms with E-state index in [9.17, 15) is 22.7 Å². The molecule has 2 heterocycles. The van der Waals surface area contributed by atoms with E-state index < -0.39 is 33.9 Å². The van der Waals surface area contributed by atoms with Gasteiger partial charge < -0.3 is 14.7 Å². The molecule has 1 amide bonds. The lowest BCUT2D eigenvalue weighted by Gasteiger charge is -2.37. The largest absolute Gasteiger partial charge is 0.472 e. The number of aliphatic hydroxyl groups is 1. The van der Waals surface area contributed by atoms with Gasteiger partial charge in [-0.25, -0.2) is 17.8 Å². The molecule has 1 aliphatic rings. The van der Waals surface area contributed by atoms with Gasteiger partial charge in [-0.3, -0.25) is 4.79 Å². The maximum absolute atomic E-state index is 14.0. The number of ether oxygens (including phenoxy) is 1. The van der Waals surface area contributed by atoms with E-state index in [0.717, 1.165) is 0 Å². The monoisotopic (exact) mass is 551 g/mol. The average molecular weight is 552 g/mol. The van der Waals surface area contributed by atoms with Crippen molar-refractivity contribution < 1.29 is 27.4 Å². The third-order valence-corrected chi connectivity index (χ3v) is 8.46. The third-order valence-electron chi connectivity index (χ3n) is 6.62. The van der Waals surface area contributed by atoms with Crippen molar-refractivity contribution in [2.45, 2.75) is 30.9 Å². The molecule has 10 heteroatoms. The van der Waals surface area contributed by atoms with Crippen molar-refractivity contribution in [2.24, 2.45) is 5.92 Å². The highest BCUT2D eigenvalue weighted by atomic mass is 32.2. The van der Waals surface area contributed by atoms with Crippen LogP contribution in [0.2, 0.25) is 0 Å². The Morgan fingerprint density at radius 2 is 1.87 bits per heavy atom. The quantitative estimate of drug-likeness (QED) is 0.473. The molecule has 3 atom stereocenters. The standard InChI is InChI=1S/C29H30FN3O5S/c1-20-17-33(21(2)19-34)29(35)25-15-22(13-14-23-9-7-8-12-26(23)30)16-31-28(25)38-27(20)18-32(3)39(36,37)24-10-5-4-6-11-24/h4-12,15-16,20-21,27,34H,17-19H2,1-3H3/t20-,21+,27+/m0/s1. The Labute approximate surface area is 228 Å². The van der Waals surface area contributed by atoms with E-state index in [-0.39, 0.29) is 47.5 Å². The topological polar surface area (TPSA) is 100 Å². The predicted octanol–water partition coefficient (Wildman–Crippen LogP) is 3.16. The number of sulfonamides is 1. The number of hydrogen-bond acceptors (Lipinski definition) is 6. The van der Waals surface area contributed by atoms with Gasteiger partial charge in [0.1, 0.15) is 17.5 Å². The van der Waals surface area contributed by atoms with Crippen molar-refractivity contribution in [1.82, 2.24) is 14.2 Å². The van der Waals surface area contributed by atoms with Crippen LogP contribution in [-0.4, -0.2) is 72.5 Å². The van der Waals surface area contributed by atoms with Gasteiger partial charge in [0.25, 0.3) is 5.91 Å². The highest BCUT2D eigenvalue weighted by Gasteiger charge is 2.35. The van der Waals surface area contributed by atoms with E-state index in [0.29, 0.717) is 5.56 Å². The summed E-state index contributed by atoms with van der Waals surface area (Å²) in [6.45, 7) is 3.54. The molecule has 0 saturated heterocycles. The fourth-order valence-electron chi connectivity index (χ4n) is 4.21. The van der Waals surface area contributed by atoms with Gasteiger partial charge in [0.05, 0.1) is 29.7 Å². The molecule has 39 heavy (non-hydrogen) atoms. The molecule has 1 aliphatic heterocycles. The Morgan fingerprint density at radius 1 is 1.18 bits per heavy atom. The van der Waals surface area contributed by atoms with Gasteiger partial charge in [0.2, 0.25) is 15.9 Å². The summed E-state index contributed by atoms with van der Waals surface area (Å²) in [7, 11) is -2.31. The molecule has 2 aromatic carbocycles. The molecular weight excluding hydrogens is 521 g/mol. The lowest BCUT2D eigenvalue weighted by Crippen LogP contribution is -2.50. The number of benzene rings is 2. The van der Waals surface area contributed by atoms with E-state index in [2.05, 4.69) is 16.8 Å². The van der Waals surface area contributed by atoms with Crippen LogP contribution in [0, 0.1) is 23.6 Å². The number of aliphatic hydroxyl groups excluding tert-OH is 1. The van der Waals surface area contributed by atoms with Crippen LogP contribution in [-0.2, 0) is 10.0 Å². The summed E-state index contributed by atoms with van der Waals surface area (Å²) < 4.78 is 47.7. The molecule has 0 bridgehead atoms. The Hall–Kier alpha value is -3.78. The van der Waals surface area contributed by atoms with Crippen LogP contribution in [0.5, 0.6) is 5.88 Å². The van der Waals surface area contributed by atoms with Crippen molar-refractivity contribution in [2.75, 3.05) is 26.7 Å².